The first kappa shape index (κ1) is 16.6. The first-order valence-corrected chi connectivity index (χ1v) is 6.71. The second-order valence-electron chi connectivity index (χ2n) is 6.01. The van der Waals surface area contributed by atoms with Crippen LogP contribution in [0.25, 0.3) is 0 Å². The molecule has 1 saturated heterocycles. The van der Waals surface area contributed by atoms with Gasteiger partial charge in [-0.2, -0.15) is 0 Å². The zero-order valence-electron chi connectivity index (χ0n) is 12.8. The van der Waals surface area contributed by atoms with Crippen molar-refractivity contribution in [1.29, 1.82) is 0 Å². The number of Topliss-reactive ketones (excluding diaryl/α,β-unsaturated/α-hetero) is 2. The third kappa shape index (κ3) is 4.30. The normalized spacial score (nSPS) is 19.9. The number of amides is 1. The molecule has 1 amide bonds. The van der Waals surface area contributed by atoms with Gasteiger partial charge < -0.3 is 9.47 Å². The molecule has 0 aromatic rings. The summed E-state index contributed by atoms with van der Waals surface area (Å²) in [4.78, 5) is 37.0. The van der Waals surface area contributed by atoms with Gasteiger partial charge in [0.05, 0.1) is 25.2 Å². The number of hydrogen-bond donors (Lipinski definition) is 0. The Morgan fingerprint density at radius 2 is 1.75 bits per heavy atom. The molecule has 20 heavy (non-hydrogen) atoms. The molecule has 0 N–H and O–H groups in total. The van der Waals surface area contributed by atoms with Crippen LogP contribution in [0.5, 0.6) is 0 Å². The molecular formula is C14H23NO5. The fourth-order valence-electron chi connectivity index (χ4n) is 2.27. The maximum absolute atomic E-state index is 12.2. The summed E-state index contributed by atoms with van der Waals surface area (Å²) in [6, 6.07) is -0.589. The number of rotatable bonds is 3. The van der Waals surface area contributed by atoms with E-state index in [0.29, 0.717) is 13.2 Å². The van der Waals surface area contributed by atoms with Crippen LogP contribution in [0, 0.1) is 5.92 Å². The Balaban J connectivity index is 2.93. The molecular weight excluding hydrogens is 262 g/mol. The molecule has 0 aromatic heterocycles. The van der Waals surface area contributed by atoms with E-state index in [2.05, 4.69) is 0 Å². The lowest BCUT2D eigenvalue weighted by Crippen LogP contribution is -2.56. The van der Waals surface area contributed by atoms with Gasteiger partial charge in [-0.3, -0.25) is 14.5 Å². The topological polar surface area (TPSA) is 72.9 Å². The quantitative estimate of drug-likeness (QED) is 0.733. The lowest BCUT2D eigenvalue weighted by molar-refractivity contribution is -0.136. The SMILES string of the molecule is CC(=O)C(C(C)=O)[C@@H]1COCCN1C(=O)OC(C)(C)C. The Labute approximate surface area is 119 Å². The smallest absolute Gasteiger partial charge is 0.410 e. The highest BCUT2D eigenvalue weighted by atomic mass is 16.6. The Hall–Kier alpha value is -1.43. The fraction of sp³-hybridized carbons (Fsp3) is 0.786. The highest BCUT2D eigenvalue weighted by molar-refractivity contribution is 6.01. The highest BCUT2D eigenvalue weighted by Gasteiger charge is 2.40. The minimum atomic E-state index is -0.859. The average Bonchev–Trinajstić information content (AvgIpc) is 2.26. The second-order valence-corrected chi connectivity index (χ2v) is 6.01. The number of ketones is 2. The number of ether oxygens (including phenoxy) is 2. The Morgan fingerprint density at radius 1 is 1.20 bits per heavy atom. The van der Waals surface area contributed by atoms with E-state index in [-0.39, 0.29) is 18.2 Å². The zero-order chi connectivity index (χ0) is 15.5. The van der Waals surface area contributed by atoms with E-state index in [1.807, 2.05) is 0 Å². The third-order valence-electron chi connectivity index (χ3n) is 3.05. The van der Waals surface area contributed by atoms with Gasteiger partial charge in [-0.1, -0.05) is 0 Å². The predicted octanol–water partition coefficient (Wildman–Crippen LogP) is 1.42. The minimum Gasteiger partial charge on any atom is -0.444 e. The summed E-state index contributed by atoms with van der Waals surface area (Å²) in [6.07, 6.45) is -0.515. The van der Waals surface area contributed by atoms with Gasteiger partial charge in [0, 0.05) is 6.54 Å². The summed E-state index contributed by atoms with van der Waals surface area (Å²) in [5, 5.41) is 0. The van der Waals surface area contributed by atoms with Crippen molar-refractivity contribution >= 4 is 17.7 Å². The van der Waals surface area contributed by atoms with Crippen molar-refractivity contribution in [2.24, 2.45) is 5.92 Å². The number of carbonyl (C=O) groups excluding carboxylic acids is 3. The van der Waals surface area contributed by atoms with Crippen LogP contribution in [-0.2, 0) is 19.1 Å². The zero-order valence-corrected chi connectivity index (χ0v) is 12.8. The van der Waals surface area contributed by atoms with Crippen molar-refractivity contribution in [3.63, 3.8) is 0 Å². The Morgan fingerprint density at radius 3 is 2.20 bits per heavy atom. The van der Waals surface area contributed by atoms with Crippen molar-refractivity contribution in [1.82, 2.24) is 4.90 Å². The molecule has 0 aliphatic carbocycles. The first-order chi connectivity index (χ1) is 9.13. The van der Waals surface area contributed by atoms with Gasteiger partial charge in [0.15, 0.2) is 0 Å². The van der Waals surface area contributed by atoms with Crippen LogP contribution in [0.2, 0.25) is 0 Å². The molecule has 6 heteroatoms. The van der Waals surface area contributed by atoms with Crippen molar-refractivity contribution < 1.29 is 23.9 Å². The van der Waals surface area contributed by atoms with E-state index < -0.39 is 23.7 Å². The lowest BCUT2D eigenvalue weighted by Gasteiger charge is -2.39. The molecule has 1 aliphatic rings. The second kappa shape index (κ2) is 6.35. The monoisotopic (exact) mass is 285 g/mol. The maximum atomic E-state index is 12.2. The molecule has 0 aromatic carbocycles. The minimum absolute atomic E-state index is 0.170. The van der Waals surface area contributed by atoms with Gasteiger partial charge in [0.25, 0.3) is 0 Å². The Kier molecular flexibility index (Phi) is 5.28. The van der Waals surface area contributed by atoms with Crippen LogP contribution in [0.15, 0.2) is 0 Å². The first-order valence-electron chi connectivity index (χ1n) is 6.71. The van der Waals surface area contributed by atoms with Crippen molar-refractivity contribution in [2.75, 3.05) is 19.8 Å². The van der Waals surface area contributed by atoms with Crippen molar-refractivity contribution in [2.45, 2.75) is 46.3 Å². The molecule has 114 valence electrons. The third-order valence-corrected chi connectivity index (χ3v) is 3.05. The molecule has 1 aliphatic heterocycles. The standard InChI is InChI=1S/C14H23NO5/c1-9(16)12(10(2)17)11-8-19-7-6-15(11)13(18)20-14(3,4)5/h11-12H,6-8H2,1-5H3/t11-/m0/s1. The van der Waals surface area contributed by atoms with E-state index in [1.54, 1.807) is 20.8 Å². The highest BCUT2D eigenvalue weighted by Crippen LogP contribution is 2.21. The largest absolute Gasteiger partial charge is 0.444 e. The van der Waals surface area contributed by atoms with Crippen LogP contribution >= 0.6 is 0 Å². The van der Waals surface area contributed by atoms with Crippen molar-refractivity contribution in [3.05, 3.63) is 0 Å². The maximum Gasteiger partial charge on any atom is 0.410 e. The van der Waals surface area contributed by atoms with E-state index in [9.17, 15) is 14.4 Å². The molecule has 1 heterocycles. The van der Waals surface area contributed by atoms with Crippen LogP contribution in [0.3, 0.4) is 0 Å². The average molecular weight is 285 g/mol. The number of morpholine rings is 1. The predicted molar refractivity (Wildman–Crippen MR) is 72.4 cm³/mol. The van der Waals surface area contributed by atoms with Gasteiger partial charge >= 0.3 is 6.09 Å². The molecule has 1 atom stereocenters. The van der Waals surface area contributed by atoms with E-state index >= 15 is 0 Å². The molecule has 0 saturated carbocycles. The molecule has 1 rings (SSSR count). The van der Waals surface area contributed by atoms with E-state index in [4.69, 9.17) is 9.47 Å². The molecule has 0 unspecified atom stereocenters. The van der Waals surface area contributed by atoms with Crippen LogP contribution < -0.4 is 0 Å². The molecule has 0 bridgehead atoms. The van der Waals surface area contributed by atoms with Gasteiger partial charge in [0.2, 0.25) is 0 Å². The summed E-state index contributed by atoms with van der Waals surface area (Å²) >= 11 is 0. The van der Waals surface area contributed by atoms with Crippen LogP contribution in [0.1, 0.15) is 34.6 Å². The van der Waals surface area contributed by atoms with Crippen LogP contribution in [0.4, 0.5) is 4.79 Å². The van der Waals surface area contributed by atoms with Crippen molar-refractivity contribution in [3.8, 4) is 0 Å². The van der Waals surface area contributed by atoms with Gasteiger partial charge in [0.1, 0.15) is 17.2 Å². The summed E-state index contributed by atoms with van der Waals surface area (Å²) in [6.45, 7) is 8.88. The lowest BCUT2D eigenvalue weighted by atomic mass is 9.91. The molecule has 1 fully saturated rings. The Bertz CT molecular complexity index is 385. The summed E-state index contributed by atoms with van der Waals surface area (Å²) < 4.78 is 10.6. The van der Waals surface area contributed by atoms with Gasteiger partial charge in [-0.05, 0) is 34.6 Å². The van der Waals surface area contributed by atoms with Gasteiger partial charge in [-0.15, -0.1) is 0 Å². The summed E-state index contributed by atoms with van der Waals surface area (Å²) in [7, 11) is 0. The molecule has 6 nitrogen and oxygen atoms in total. The summed E-state index contributed by atoms with van der Waals surface area (Å²) in [5.74, 6) is -1.38. The summed E-state index contributed by atoms with van der Waals surface area (Å²) in [5.41, 5.74) is -0.623. The fourth-order valence-corrected chi connectivity index (χ4v) is 2.27. The molecule has 0 radical (unpaired) electrons. The van der Waals surface area contributed by atoms with Gasteiger partial charge in [-0.25, -0.2) is 4.79 Å². The van der Waals surface area contributed by atoms with E-state index in [0.717, 1.165) is 0 Å². The molecule has 0 spiro atoms. The van der Waals surface area contributed by atoms with Crippen LogP contribution in [-0.4, -0.2) is 54.0 Å². The number of nitrogens with zero attached hydrogens (tertiary/aromatic N) is 1. The number of carbonyl (C=O) groups is 3. The van der Waals surface area contributed by atoms with E-state index in [1.165, 1.54) is 18.7 Å². The number of hydrogen-bond acceptors (Lipinski definition) is 5.